The molecule has 3 nitrogen and oxygen atoms in total. The number of H-pyrrole nitrogens is 1. The van der Waals surface area contributed by atoms with Gasteiger partial charge in [-0.25, -0.2) is 4.98 Å². The van der Waals surface area contributed by atoms with Crippen LogP contribution in [0.2, 0.25) is 0 Å². The fourth-order valence-corrected chi connectivity index (χ4v) is 1.75. The number of nitrogens with zero attached hydrogens (tertiary/aromatic N) is 2. The Morgan fingerprint density at radius 1 is 1.38 bits per heavy atom. The van der Waals surface area contributed by atoms with E-state index in [4.69, 9.17) is 12.2 Å². The molecule has 82 valence electrons. The van der Waals surface area contributed by atoms with Crippen molar-refractivity contribution >= 4 is 12.2 Å². The highest BCUT2D eigenvalue weighted by Crippen LogP contribution is 2.08. The molecule has 4 heteroatoms. The molecule has 2 rings (SSSR count). The molecule has 0 aliphatic rings. The lowest BCUT2D eigenvalue weighted by molar-refractivity contribution is 0.914. The summed E-state index contributed by atoms with van der Waals surface area (Å²) >= 11 is 5.20. The largest absolute Gasteiger partial charge is 0.347 e. The van der Waals surface area contributed by atoms with Gasteiger partial charge in [0.05, 0.1) is 0 Å². The molecule has 0 bridgehead atoms. The van der Waals surface area contributed by atoms with Crippen LogP contribution in [-0.4, -0.2) is 15.0 Å². The van der Waals surface area contributed by atoms with Crippen molar-refractivity contribution in [3.05, 3.63) is 51.8 Å². The Bertz CT molecular complexity index is 546. The molecule has 2 aromatic heterocycles. The zero-order valence-electron chi connectivity index (χ0n) is 9.32. The van der Waals surface area contributed by atoms with Crippen LogP contribution in [0.15, 0.2) is 24.5 Å². The summed E-state index contributed by atoms with van der Waals surface area (Å²) in [7, 11) is 0. The van der Waals surface area contributed by atoms with Crippen LogP contribution in [0.1, 0.15) is 22.6 Å². The molecule has 1 N–H and O–H groups in total. The second kappa shape index (κ2) is 4.53. The predicted octanol–water partition coefficient (Wildman–Crippen LogP) is 2.74. The first-order chi connectivity index (χ1) is 7.66. The van der Waals surface area contributed by atoms with Gasteiger partial charge in [-0.2, -0.15) is 0 Å². The number of pyridine rings is 1. The maximum Gasteiger partial charge on any atom is 0.132 e. The molecule has 0 atom stereocenters. The lowest BCUT2D eigenvalue weighted by Gasteiger charge is -2.05. The average molecular weight is 231 g/mol. The van der Waals surface area contributed by atoms with Gasteiger partial charge in [0, 0.05) is 30.1 Å². The summed E-state index contributed by atoms with van der Waals surface area (Å²) in [6.45, 7) is 3.99. The van der Waals surface area contributed by atoms with Crippen LogP contribution in [0.4, 0.5) is 0 Å². The Kier molecular flexibility index (Phi) is 3.10. The molecule has 0 saturated carbocycles. The Balaban J connectivity index is 2.33. The topological polar surface area (TPSA) is 41.6 Å². The third-order valence-corrected chi connectivity index (χ3v) is 2.94. The van der Waals surface area contributed by atoms with E-state index >= 15 is 0 Å². The lowest BCUT2D eigenvalue weighted by Crippen LogP contribution is -2.01. The van der Waals surface area contributed by atoms with Crippen LogP contribution >= 0.6 is 12.2 Å². The number of aromatic amines is 1. The molecule has 0 radical (unpaired) electrons. The molecule has 0 saturated heterocycles. The molecule has 2 aromatic rings. The van der Waals surface area contributed by atoms with Gasteiger partial charge in [0.1, 0.15) is 10.5 Å². The van der Waals surface area contributed by atoms with Crippen molar-refractivity contribution < 1.29 is 0 Å². The Morgan fingerprint density at radius 2 is 2.19 bits per heavy atom. The standard InChI is InChI=1S/C12H13N3S/c1-8-9(2)14-11(15-12(8)16)6-10-4-3-5-13-7-10/h3-5,7H,6H2,1-2H3,(H,14,15,16). The van der Waals surface area contributed by atoms with E-state index in [1.54, 1.807) is 6.20 Å². The van der Waals surface area contributed by atoms with Crippen molar-refractivity contribution in [1.29, 1.82) is 0 Å². The van der Waals surface area contributed by atoms with Crippen molar-refractivity contribution in [2.45, 2.75) is 20.3 Å². The average Bonchev–Trinajstić information content (AvgIpc) is 2.27. The van der Waals surface area contributed by atoms with E-state index in [0.717, 1.165) is 29.1 Å². The predicted molar refractivity (Wildman–Crippen MR) is 65.9 cm³/mol. The van der Waals surface area contributed by atoms with E-state index in [1.165, 1.54) is 0 Å². The van der Waals surface area contributed by atoms with Crippen molar-refractivity contribution in [1.82, 2.24) is 15.0 Å². The van der Waals surface area contributed by atoms with Gasteiger partial charge in [-0.05, 0) is 25.5 Å². The second-order valence-electron chi connectivity index (χ2n) is 3.78. The first-order valence-corrected chi connectivity index (χ1v) is 5.53. The summed E-state index contributed by atoms with van der Waals surface area (Å²) in [4.78, 5) is 11.7. The normalized spacial score (nSPS) is 10.4. The van der Waals surface area contributed by atoms with Gasteiger partial charge in [-0.15, -0.1) is 0 Å². The monoisotopic (exact) mass is 231 g/mol. The minimum Gasteiger partial charge on any atom is -0.347 e. The maximum atomic E-state index is 5.20. The Labute approximate surface area is 99.6 Å². The van der Waals surface area contributed by atoms with Gasteiger partial charge in [-0.1, -0.05) is 18.3 Å². The maximum absolute atomic E-state index is 5.20. The summed E-state index contributed by atoms with van der Waals surface area (Å²) < 4.78 is 0.676. The minimum absolute atomic E-state index is 0.676. The highest BCUT2D eigenvalue weighted by molar-refractivity contribution is 7.71. The summed E-state index contributed by atoms with van der Waals surface area (Å²) in [6, 6.07) is 3.95. The van der Waals surface area contributed by atoms with Crippen LogP contribution in [0.25, 0.3) is 0 Å². The molecule has 0 spiro atoms. The first kappa shape index (κ1) is 11.0. The number of rotatable bonds is 2. The fourth-order valence-electron chi connectivity index (χ4n) is 1.48. The Morgan fingerprint density at radius 3 is 2.81 bits per heavy atom. The summed E-state index contributed by atoms with van der Waals surface area (Å²) in [5, 5.41) is 0. The first-order valence-electron chi connectivity index (χ1n) is 5.12. The highest BCUT2D eigenvalue weighted by Gasteiger charge is 2.02. The number of nitrogens with one attached hydrogen (secondary N) is 1. The van der Waals surface area contributed by atoms with Crippen LogP contribution in [-0.2, 0) is 6.42 Å². The van der Waals surface area contributed by atoms with Crippen LogP contribution in [0.5, 0.6) is 0 Å². The summed E-state index contributed by atoms with van der Waals surface area (Å²) in [5.41, 5.74) is 3.26. The Hall–Kier alpha value is -1.55. The molecule has 2 heterocycles. The van der Waals surface area contributed by atoms with E-state index in [-0.39, 0.29) is 0 Å². The smallest absolute Gasteiger partial charge is 0.132 e. The zero-order valence-corrected chi connectivity index (χ0v) is 10.1. The van der Waals surface area contributed by atoms with Crippen LogP contribution in [0, 0.1) is 18.5 Å². The van der Waals surface area contributed by atoms with Crippen LogP contribution < -0.4 is 0 Å². The quantitative estimate of drug-likeness (QED) is 0.808. The zero-order chi connectivity index (χ0) is 11.5. The van der Waals surface area contributed by atoms with E-state index in [1.807, 2.05) is 32.2 Å². The number of hydrogen-bond acceptors (Lipinski definition) is 3. The molecule has 0 aliphatic carbocycles. The molecule has 16 heavy (non-hydrogen) atoms. The molecule has 0 unspecified atom stereocenters. The summed E-state index contributed by atoms with van der Waals surface area (Å²) in [6.07, 6.45) is 4.34. The van der Waals surface area contributed by atoms with Crippen molar-refractivity contribution in [2.75, 3.05) is 0 Å². The minimum atomic E-state index is 0.676. The van der Waals surface area contributed by atoms with Crippen LogP contribution in [0.3, 0.4) is 0 Å². The molecule has 0 fully saturated rings. The van der Waals surface area contributed by atoms with Crippen molar-refractivity contribution in [2.24, 2.45) is 0 Å². The van der Waals surface area contributed by atoms with Crippen molar-refractivity contribution in [3.8, 4) is 0 Å². The van der Waals surface area contributed by atoms with E-state index in [9.17, 15) is 0 Å². The third-order valence-electron chi connectivity index (χ3n) is 2.55. The van der Waals surface area contributed by atoms with E-state index in [0.29, 0.717) is 4.64 Å². The van der Waals surface area contributed by atoms with Gasteiger partial charge >= 0.3 is 0 Å². The van der Waals surface area contributed by atoms with Gasteiger partial charge in [0.15, 0.2) is 0 Å². The molecular formula is C12H13N3S. The molecule has 0 amide bonds. The summed E-state index contributed by atoms with van der Waals surface area (Å²) in [5.74, 6) is 0.890. The molecular weight excluding hydrogens is 218 g/mol. The van der Waals surface area contributed by atoms with E-state index in [2.05, 4.69) is 15.0 Å². The van der Waals surface area contributed by atoms with E-state index < -0.39 is 0 Å². The van der Waals surface area contributed by atoms with Gasteiger partial charge < -0.3 is 4.98 Å². The molecule has 0 aliphatic heterocycles. The highest BCUT2D eigenvalue weighted by atomic mass is 32.1. The van der Waals surface area contributed by atoms with Gasteiger partial charge in [0.2, 0.25) is 0 Å². The fraction of sp³-hybridized carbons (Fsp3) is 0.250. The second-order valence-corrected chi connectivity index (χ2v) is 4.16. The van der Waals surface area contributed by atoms with Gasteiger partial charge in [-0.3, -0.25) is 4.98 Å². The lowest BCUT2D eigenvalue weighted by atomic mass is 10.2. The third kappa shape index (κ3) is 2.33. The van der Waals surface area contributed by atoms with Crippen molar-refractivity contribution in [3.63, 3.8) is 0 Å². The van der Waals surface area contributed by atoms with Gasteiger partial charge in [0.25, 0.3) is 0 Å². The number of hydrogen-bond donors (Lipinski definition) is 1. The molecule has 0 aromatic carbocycles. The number of aromatic nitrogens is 3. The number of aryl methyl sites for hydroxylation is 1. The SMILES string of the molecule is Cc1[nH]c(Cc2cccnc2)nc(=S)c1C.